The summed E-state index contributed by atoms with van der Waals surface area (Å²) in [6, 6.07) is 15.9. The fraction of sp³-hybridized carbons (Fsp3) is 0.286. The average molecular weight is 368 g/mol. The molecule has 2 aromatic carbocycles. The lowest BCUT2D eigenvalue weighted by Gasteiger charge is -2.08. The summed E-state index contributed by atoms with van der Waals surface area (Å²) < 4.78 is 4.98. The van der Waals surface area contributed by atoms with Crippen molar-refractivity contribution in [3.05, 3.63) is 65.7 Å². The Morgan fingerprint density at radius 3 is 2.33 bits per heavy atom. The van der Waals surface area contributed by atoms with Crippen LogP contribution in [0.5, 0.6) is 0 Å². The fourth-order valence-electron chi connectivity index (χ4n) is 2.42. The molecule has 0 saturated carbocycles. The van der Waals surface area contributed by atoms with Gasteiger partial charge in [0.05, 0.1) is 6.42 Å². The molecule has 2 amide bonds. The molecule has 0 fully saturated rings. The Morgan fingerprint density at radius 2 is 1.67 bits per heavy atom. The van der Waals surface area contributed by atoms with Crippen LogP contribution in [0.15, 0.2) is 54.6 Å². The maximum absolute atomic E-state index is 12.0. The van der Waals surface area contributed by atoms with Crippen LogP contribution >= 0.6 is 0 Å². The van der Waals surface area contributed by atoms with E-state index in [-0.39, 0.29) is 25.4 Å². The molecule has 142 valence electrons. The SMILES string of the molecule is CCCc1ccc(C(=O)COC(=O)CCNC(=O)Nc2ccccc2)cc1. The van der Waals surface area contributed by atoms with E-state index >= 15 is 0 Å². The number of esters is 1. The second-order valence-corrected chi connectivity index (χ2v) is 6.03. The van der Waals surface area contributed by atoms with E-state index in [4.69, 9.17) is 4.74 Å². The first-order chi connectivity index (χ1) is 13.1. The minimum Gasteiger partial charge on any atom is -0.457 e. The number of aryl methyl sites for hydroxylation is 1. The van der Waals surface area contributed by atoms with Crippen LogP contribution in [-0.2, 0) is 16.0 Å². The van der Waals surface area contributed by atoms with Crippen molar-refractivity contribution in [3.63, 3.8) is 0 Å². The highest BCUT2D eigenvalue weighted by molar-refractivity contribution is 5.98. The molecule has 2 rings (SSSR count). The first-order valence-corrected chi connectivity index (χ1v) is 8.96. The zero-order chi connectivity index (χ0) is 19.5. The minimum absolute atomic E-state index is 0.00900. The molecule has 0 bridgehead atoms. The van der Waals surface area contributed by atoms with E-state index in [0.717, 1.165) is 12.8 Å². The zero-order valence-corrected chi connectivity index (χ0v) is 15.4. The number of ketones is 1. The van der Waals surface area contributed by atoms with E-state index in [9.17, 15) is 14.4 Å². The molecule has 0 atom stereocenters. The number of carbonyl (C=O) groups excluding carboxylic acids is 3. The van der Waals surface area contributed by atoms with Crippen molar-refractivity contribution in [1.29, 1.82) is 0 Å². The highest BCUT2D eigenvalue weighted by atomic mass is 16.5. The number of hydrogen-bond donors (Lipinski definition) is 2. The van der Waals surface area contributed by atoms with Crippen LogP contribution in [0.2, 0.25) is 0 Å². The van der Waals surface area contributed by atoms with Crippen LogP contribution in [-0.4, -0.2) is 30.9 Å². The number of amides is 2. The van der Waals surface area contributed by atoms with Crippen LogP contribution < -0.4 is 10.6 Å². The standard InChI is InChI=1S/C21H24N2O4/c1-2-6-16-9-11-17(12-10-16)19(24)15-27-20(25)13-14-22-21(26)23-18-7-4-3-5-8-18/h3-5,7-12H,2,6,13-15H2,1H3,(H2,22,23,26). The predicted octanol–water partition coefficient (Wildman–Crippen LogP) is 3.58. The number of benzene rings is 2. The second kappa shape index (κ2) is 10.8. The van der Waals surface area contributed by atoms with Gasteiger partial charge < -0.3 is 15.4 Å². The lowest BCUT2D eigenvalue weighted by Crippen LogP contribution is -2.31. The van der Waals surface area contributed by atoms with Crippen molar-refractivity contribution in [2.45, 2.75) is 26.2 Å². The number of carbonyl (C=O) groups is 3. The maximum atomic E-state index is 12.0. The van der Waals surface area contributed by atoms with Gasteiger partial charge in [-0.2, -0.15) is 0 Å². The molecule has 2 aromatic rings. The lowest BCUT2D eigenvalue weighted by atomic mass is 10.1. The minimum atomic E-state index is -0.536. The van der Waals surface area contributed by atoms with Gasteiger partial charge in [0.15, 0.2) is 12.4 Å². The molecule has 0 aliphatic heterocycles. The molecule has 0 spiro atoms. The van der Waals surface area contributed by atoms with Gasteiger partial charge in [0.25, 0.3) is 0 Å². The van der Waals surface area contributed by atoms with E-state index in [1.807, 2.05) is 18.2 Å². The Balaban J connectivity index is 1.65. The molecule has 6 nitrogen and oxygen atoms in total. The summed E-state index contributed by atoms with van der Waals surface area (Å²) in [6.45, 7) is 1.91. The number of urea groups is 1. The highest BCUT2D eigenvalue weighted by Gasteiger charge is 2.10. The van der Waals surface area contributed by atoms with Gasteiger partial charge in [-0.05, 0) is 24.1 Å². The first kappa shape index (κ1) is 20.2. The molecule has 2 N–H and O–H groups in total. The van der Waals surface area contributed by atoms with Gasteiger partial charge >= 0.3 is 12.0 Å². The van der Waals surface area contributed by atoms with E-state index in [1.54, 1.807) is 36.4 Å². The summed E-state index contributed by atoms with van der Waals surface area (Å²) in [5.41, 5.74) is 2.35. The number of hydrogen-bond acceptors (Lipinski definition) is 4. The molecular formula is C21H24N2O4. The summed E-state index contributed by atoms with van der Waals surface area (Å²) in [5.74, 6) is -0.785. The molecule has 27 heavy (non-hydrogen) atoms. The van der Waals surface area contributed by atoms with Crippen molar-refractivity contribution in [2.75, 3.05) is 18.5 Å². The third kappa shape index (κ3) is 7.32. The highest BCUT2D eigenvalue weighted by Crippen LogP contribution is 2.08. The summed E-state index contributed by atoms with van der Waals surface area (Å²) in [7, 11) is 0. The van der Waals surface area contributed by atoms with Crippen LogP contribution in [0.1, 0.15) is 35.7 Å². The summed E-state index contributed by atoms with van der Waals surface area (Å²) in [5, 5.41) is 5.21. The van der Waals surface area contributed by atoms with E-state index < -0.39 is 12.0 Å². The summed E-state index contributed by atoms with van der Waals surface area (Å²) in [4.78, 5) is 35.4. The Labute approximate surface area is 158 Å². The molecule has 0 aliphatic rings. The Hall–Kier alpha value is -3.15. The fourth-order valence-corrected chi connectivity index (χ4v) is 2.42. The maximum Gasteiger partial charge on any atom is 0.319 e. The topological polar surface area (TPSA) is 84.5 Å². The number of para-hydroxylation sites is 1. The van der Waals surface area contributed by atoms with E-state index in [0.29, 0.717) is 11.3 Å². The van der Waals surface area contributed by atoms with Gasteiger partial charge in [-0.25, -0.2) is 4.79 Å². The molecule has 0 heterocycles. The molecule has 6 heteroatoms. The van der Waals surface area contributed by atoms with Crippen molar-refractivity contribution >= 4 is 23.5 Å². The third-order valence-electron chi connectivity index (χ3n) is 3.83. The Kier molecular flexibility index (Phi) is 8.03. The van der Waals surface area contributed by atoms with Crippen molar-refractivity contribution in [3.8, 4) is 0 Å². The smallest absolute Gasteiger partial charge is 0.319 e. The average Bonchev–Trinajstić information content (AvgIpc) is 2.68. The van der Waals surface area contributed by atoms with Gasteiger partial charge in [-0.3, -0.25) is 9.59 Å². The molecule has 0 saturated heterocycles. The number of Topliss-reactive ketones (excluding diaryl/α,β-unsaturated/α-hetero) is 1. The predicted molar refractivity (Wildman–Crippen MR) is 104 cm³/mol. The van der Waals surface area contributed by atoms with Crippen molar-refractivity contribution < 1.29 is 19.1 Å². The van der Waals surface area contributed by atoms with Crippen molar-refractivity contribution in [1.82, 2.24) is 5.32 Å². The monoisotopic (exact) mass is 368 g/mol. The number of anilines is 1. The van der Waals surface area contributed by atoms with Crippen LogP contribution in [0.4, 0.5) is 10.5 Å². The Morgan fingerprint density at radius 1 is 0.963 bits per heavy atom. The largest absolute Gasteiger partial charge is 0.457 e. The molecule has 0 radical (unpaired) electrons. The normalized spacial score (nSPS) is 10.1. The number of nitrogens with one attached hydrogen (secondary N) is 2. The van der Waals surface area contributed by atoms with Gasteiger partial charge in [0.1, 0.15) is 0 Å². The third-order valence-corrected chi connectivity index (χ3v) is 3.83. The van der Waals surface area contributed by atoms with Gasteiger partial charge in [-0.1, -0.05) is 55.8 Å². The second-order valence-electron chi connectivity index (χ2n) is 6.03. The van der Waals surface area contributed by atoms with Gasteiger partial charge in [0.2, 0.25) is 0 Å². The lowest BCUT2D eigenvalue weighted by molar-refractivity contribution is -0.142. The van der Waals surface area contributed by atoms with Crippen LogP contribution in [0.25, 0.3) is 0 Å². The number of rotatable bonds is 9. The summed E-state index contributed by atoms with van der Waals surface area (Å²) in [6.07, 6.45) is 2.00. The molecule has 0 aromatic heterocycles. The molecule has 0 unspecified atom stereocenters. The van der Waals surface area contributed by atoms with E-state index in [2.05, 4.69) is 17.6 Å². The summed E-state index contributed by atoms with van der Waals surface area (Å²) >= 11 is 0. The van der Waals surface area contributed by atoms with Gasteiger partial charge in [-0.15, -0.1) is 0 Å². The zero-order valence-electron chi connectivity index (χ0n) is 15.4. The molecular weight excluding hydrogens is 344 g/mol. The van der Waals surface area contributed by atoms with E-state index in [1.165, 1.54) is 5.56 Å². The van der Waals surface area contributed by atoms with Gasteiger partial charge in [0, 0.05) is 17.8 Å². The first-order valence-electron chi connectivity index (χ1n) is 8.96. The Bertz CT molecular complexity index is 758. The van der Waals surface area contributed by atoms with Crippen molar-refractivity contribution in [2.24, 2.45) is 0 Å². The number of ether oxygens (including phenoxy) is 1. The quantitative estimate of drug-likeness (QED) is 0.523. The molecule has 0 aliphatic carbocycles. The van der Waals surface area contributed by atoms with Crippen LogP contribution in [0.3, 0.4) is 0 Å². The van der Waals surface area contributed by atoms with Crippen LogP contribution in [0, 0.1) is 0 Å².